The van der Waals surface area contributed by atoms with Crippen molar-refractivity contribution in [3.8, 4) is 0 Å². The van der Waals surface area contributed by atoms with Crippen molar-refractivity contribution in [2.45, 2.75) is 38.3 Å². The Bertz CT molecular complexity index is 217. The number of carbonyl (C=O) groups excluding carboxylic acids is 1. The molecule has 0 aromatic heterocycles. The Balaban J connectivity index is 2.42. The second-order valence-corrected chi connectivity index (χ2v) is 4.60. The molecular formula is C9H18N2O3. The summed E-state index contributed by atoms with van der Waals surface area (Å²) in [4.78, 5) is 16.7. The lowest BCUT2D eigenvalue weighted by Crippen LogP contribution is -2.55. The number of carbonyl (C=O) groups is 1. The van der Waals surface area contributed by atoms with Crippen LogP contribution in [0.1, 0.15) is 27.2 Å². The third-order valence-electron chi connectivity index (χ3n) is 1.95. The largest absolute Gasteiger partial charge is 0.379 e. The fourth-order valence-electron chi connectivity index (χ4n) is 1.06. The van der Waals surface area contributed by atoms with E-state index in [2.05, 4.69) is 5.48 Å². The summed E-state index contributed by atoms with van der Waals surface area (Å²) in [5.74, 6) is -0.315. The van der Waals surface area contributed by atoms with Gasteiger partial charge in [0.15, 0.2) is 0 Å². The Morgan fingerprint density at radius 1 is 1.57 bits per heavy atom. The van der Waals surface area contributed by atoms with Gasteiger partial charge >= 0.3 is 0 Å². The lowest BCUT2D eigenvalue weighted by molar-refractivity contribution is -0.151. The van der Waals surface area contributed by atoms with Gasteiger partial charge in [-0.15, -0.1) is 0 Å². The first-order valence-corrected chi connectivity index (χ1v) is 4.69. The number of nitrogens with one attached hydrogen (secondary N) is 1. The topological polar surface area (TPSA) is 73.6 Å². The second kappa shape index (κ2) is 3.84. The van der Waals surface area contributed by atoms with E-state index in [0.717, 1.165) is 0 Å². The lowest BCUT2D eigenvalue weighted by atomic mass is 10.00. The minimum atomic E-state index is -0.925. The molecule has 1 saturated heterocycles. The van der Waals surface area contributed by atoms with Gasteiger partial charge in [0, 0.05) is 13.0 Å². The molecule has 1 amide bonds. The number of ether oxygens (including phenoxy) is 1. The van der Waals surface area contributed by atoms with E-state index in [4.69, 9.17) is 15.3 Å². The predicted molar refractivity (Wildman–Crippen MR) is 51.3 cm³/mol. The molecule has 0 aromatic carbocycles. The summed E-state index contributed by atoms with van der Waals surface area (Å²) < 4.78 is 5.07. The number of rotatable bonds is 2. The van der Waals surface area contributed by atoms with E-state index >= 15 is 0 Å². The molecule has 14 heavy (non-hydrogen) atoms. The summed E-state index contributed by atoms with van der Waals surface area (Å²) in [5, 5.41) is 0. The Kier molecular flexibility index (Phi) is 3.14. The summed E-state index contributed by atoms with van der Waals surface area (Å²) in [6.07, 6.45) is 0.534. The molecule has 3 N–H and O–H groups in total. The number of amides is 1. The van der Waals surface area contributed by atoms with E-state index in [-0.39, 0.29) is 12.5 Å². The van der Waals surface area contributed by atoms with Crippen LogP contribution in [0.4, 0.5) is 0 Å². The molecule has 0 radical (unpaired) electrons. The molecule has 1 aliphatic heterocycles. The number of hydrogen-bond donors (Lipinski definition) is 2. The molecule has 1 atom stereocenters. The van der Waals surface area contributed by atoms with Crippen LogP contribution in [-0.4, -0.2) is 30.3 Å². The molecule has 0 aromatic rings. The van der Waals surface area contributed by atoms with Crippen LogP contribution in [-0.2, 0) is 14.4 Å². The molecule has 1 heterocycles. The highest BCUT2D eigenvalue weighted by Gasteiger charge is 2.38. The Labute approximate surface area is 83.9 Å². The number of hydrogen-bond acceptors (Lipinski definition) is 4. The van der Waals surface area contributed by atoms with E-state index in [1.807, 2.05) is 20.8 Å². The molecule has 1 aliphatic rings. The second-order valence-electron chi connectivity index (χ2n) is 4.60. The predicted octanol–water partition coefficient (Wildman–Crippen LogP) is -0.0495. The molecule has 1 rings (SSSR count). The quantitative estimate of drug-likeness (QED) is 0.616. The van der Waals surface area contributed by atoms with Crippen LogP contribution in [0, 0.1) is 0 Å². The first kappa shape index (κ1) is 11.4. The van der Waals surface area contributed by atoms with Gasteiger partial charge < -0.3 is 10.5 Å². The molecule has 5 nitrogen and oxygen atoms in total. The zero-order valence-electron chi connectivity index (χ0n) is 8.92. The van der Waals surface area contributed by atoms with E-state index in [1.165, 1.54) is 0 Å². The summed E-state index contributed by atoms with van der Waals surface area (Å²) >= 11 is 0. The molecule has 0 bridgehead atoms. The SMILES string of the molecule is CC(C)(C)ONC(=O)C1(N)CCOC1. The van der Waals surface area contributed by atoms with E-state index < -0.39 is 11.1 Å². The fourth-order valence-corrected chi connectivity index (χ4v) is 1.06. The molecule has 0 aliphatic carbocycles. The van der Waals surface area contributed by atoms with Crippen LogP contribution in [0.3, 0.4) is 0 Å². The smallest absolute Gasteiger partial charge is 0.266 e. The molecule has 0 spiro atoms. The number of nitrogens with two attached hydrogens (primary N) is 1. The zero-order valence-corrected chi connectivity index (χ0v) is 8.92. The van der Waals surface area contributed by atoms with Crippen LogP contribution in [0.15, 0.2) is 0 Å². The van der Waals surface area contributed by atoms with Crippen LogP contribution < -0.4 is 11.2 Å². The van der Waals surface area contributed by atoms with Crippen LogP contribution >= 0.6 is 0 Å². The molecule has 5 heteroatoms. The van der Waals surface area contributed by atoms with Gasteiger partial charge in [-0.05, 0) is 20.8 Å². The van der Waals surface area contributed by atoms with Crippen molar-refractivity contribution < 1.29 is 14.4 Å². The van der Waals surface area contributed by atoms with Crippen molar-refractivity contribution in [1.29, 1.82) is 0 Å². The molecule has 82 valence electrons. The van der Waals surface area contributed by atoms with Gasteiger partial charge in [-0.2, -0.15) is 0 Å². The van der Waals surface area contributed by atoms with Crippen molar-refractivity contribution >= 4 is 5.91 Å². The minimum absolute atomic E-state index is 0.256. The van der Waals surface area contributed by atoms with Crippen molar-refractivity contribution in [1.82, 2.24) is 5.48 Å². The average molecular weight is 202 g/mol. The molecule has 1 fully saturated rings. The third kappa shape index (κ3) is 2.94. The lowest BCUT2D eigenvalue weighted by Gasteiger charge is -2.24. The van der Waals surface area contributed by atoms with Gasteiger partial charge in [-0.25, -0.2) is 5.48 Å². The fraction of sp³-hybridized carbons (Fsp3) is 0.889. The average Bonchev–Trinajstić information content (AvgIpc) is 2.48. The zero-order chi connectivity index (χ0) is 10.8. The normalized spacial score (nSPS) is 27.7. The number of hydroxylamine groups is 1. The maximum Gasteiger partial charge on any atom is 0.266 e. The van der Waals surface area contributed by atoms with Crippen molar-refractivity contribution in [3.63, 3.8) is 0 Å². The third-order valence-corrected chi connectivity index (χ3v) is 1.95. The van der Waals surface area contributed by atoms with Crippen molar-refractivity contribution in [2.24, 2.45) is 5.73 Å². The summed E-state index contributed by atoms with van der Waals surface area (Å²) in [6, 6.07) is 0. The molecule has 1 unspecified atom stereocenters. The van der Waals surface area contributed by atoms with E-state index in [9.17, 15) is 4.79 Å². The van der Waals surface area contributed by atoms with Crippen LogP contribution in [0.2, 0.25) is 0 Å². The van der Waals surface area contributed by atoms with Crippen LogP contribution in [0.5, 0.6) is 0 Å². The van der Waals surface area contributed by atoms with Crippen molar-refractivity contribution in [3.05, 3.63) is 0 Å². The van der Waals surface area contributed by atoms with Gasteiger partial charge in [-0.1, -0.05) is 0 Å². The first-order chi connectivity index (χ1) is 6.33. The van der Waals surface area contributed by atoms with E-state index in [1.54, 1.807) is 0 Å². The van der Waals surface area contributed by atoms with Gasteiger partial charge in [0.25, 0.3) is 5.91 Å². The Hall–Kier alpha value is -0.650. The summed E-state index contributed by atoms with van der Waals surface area (Å²) in [6.45, 7) is 6.33. The monoisotopic (exact) mass is 202 g/mol. The van der Waals surface area contributed by atoms with Gasteiger partial charge in [0.1, 0.15) is 5.54 Å². The van der Waals surface area contributed by atoms with Crippen LogP contribution in [0.25, 0.3) is 0 Å². The first-order valence-electron chi connectivity index (χ1n) is 4.69. The Morgan fingerprint density at radius 2 is 2.21 bits per heavy atom. The van der Waals surface area contributed by atoms with Gasteiger partial charge in [-0.3, -0.25) is 9.63 Å². The Morgan fingerprint density at radius 3 is 2.64 bits per heavy atom. The summed E-state index contributed by atoms with van der Waals surface area (Å²) in [7, 11) is 0. The van der Waals surface area contributed by atoms with Crippen molar-refractivity contribution in [2.75, 3.05) is 13.2 Å². The van der Waals surface area contributed by atoms with E-state index in [0.29, 0.717) is 13.0 Å². The van der Waals surface area contributed by atoms with Gasteiger partial charge in [0.05, 0.1) is 12.2 Å². The summed E-state index contributed by atoms with van der Waals surface area (Å²) in [5.41, 5.74) is 6.84. The highest BCUT2D eigenvalue weighted by molar-refractivity contribution is 5.85. The van der Waals surface area contributed by atoms with Gasteiger partial charge in [0.2, 0.25) is 0 Å². The maximum absolute atomic E-state index is 11.6. The molecular weight excluding hydrogens is 184 g/mol. The molecule has 0 saturated carbocycles. The standard InChI is InChI=1S/C9H18N2O3/c1-8(2,3)14-11-7(12)9(10)4-5-13-6-9/h4-6,10H2,1-3H3,(H,11,12). The highest BCUT2D eigenvalue weighted by atomic mass is 16.7. The highest BCUT2D eigenvalue weighted by Crippen LogP contribution is 2.16. The minimum Gasteiger partial charge on any atom is -0.379 e. The maximum atomic E-state index is 11.6.